The third-order valence-electron chi connectivity index (χ3n) is 3.64. The monoisotopic (exact) mass is 318 g/mol. The number of benzene rings is 1. The van der Waals surface area contributed by atoms with Crippen molar-refractivity contribution in [1.82, 2.24) is 10.2 Å². The van der Waals surface area contributed by atoms with Gasteiger partial charge in [0.25, 0.3) is 5.91 Å². The number of aryl methyl sites for hydroxylation is 1. The molecule has 0 aliphatic rings. The summed E-state index contributed by atoms with van der Waals surface area (Å²) in [5.74, 6) is 0.798. The normalized spacial score (nSPS) is 12.4. The predicted molar refractivity (Wildman–Crippen MR) is 90.4 cm³/mol. The van der Waals surface area contributed by atoms with Gasteiger partial charge in [-0.1, -0.05) is 6.07 Å². The van der Waals surface area contributed by atoms with Gasteiger partial charge >= 0.3 is 0 Å². The van der Waals surface area contributed by atoms with E-state index in [0.29, 0.717) is 6.54 Å². The average Bonchev–Trinajstić information content (AvgIpc) is 3.01. The van der Waals surface area contributed by atoms with Crippen LogP contribution in [0.3, 0.4) is 0 Å². The number of thioether (sulfide) groups is 1. The first-order valence-corrected chi connectivity index (χ1v) is 8.38. The molecular weight excluding hydrogens is 296 g/mol. The van der Waals surface area contributed by atoms with Crippen molar-refractivity contribution in [2.24, 2.45) is 0 Å². The Morgan fingerprint density at radius 2 is 2.14 bits per heavy atom. The van der Waals surface area contributed by atoms with Crippen LogP contribution in [0.25, 0.3) is 0 Å². The molecule has 1 heterocycles. The van der Waals surface area contributed by atoms with Crippen LogP contribution in [0.1, 0.15) is 27.7 Å². The van der Waals surface area contributed by atoms with E-state index in [9.17, 15) is 4.79 Å². The van der Waals surface area contributed by atoms with Crippen molar-refractivity contribution < 1.29 is 9.21 Å². The molecule has 0 saturated heterocycles. The third kappa shape index (κ3) is 3.93. The number of rotatable bonds is 6. The van der Waals surface area contributed by atoms with E-state index in [1.54, 1.807) is 18.0 Å². The van der Waals surface area contributed by atoms with Gasteiger partial charge in [-0.3, -0.25) is 9.69 Å². The lowest BCUT2D eigenvalue weighted by atomic mass is 10.1. The SMILES string of the molecule is CSc1ccc(C)c(C(=O)NCC(c2ccco2)N(C)C)c1. The lowest BCUT2D eigenvalue weighted by molar-refractivity contribution is 0.0938. The number of hydrogen-bond donors (Lipinski definition) is 1. The Hall–Kier alpha value is -1.72. The Kier molecular flexibility index (Phi) is 5.69. The summed E-state index contributed by atoms with van der Waals surface area (Å²) < 4.78 is 5.46. The zero-order chi connectivity index (χ0) is 16.1. The third-order valence-corrected chi connectivity index (χ3v) is 4.37. The summed E-state index contributed by atoms with van der Waals surface area (Å²) in [6.07, 6.45) is 3.66. The largest absolute Gasteiger partial charge is 0.468 e. The minimum atomic E-state index is -0.0493. The van der Waals surface area contributed by atoms with Crippen molar-refractivity contribution in [3.8, 4) is 0 Å². The van der Waals surface area contributed by atoms with Crippen molar-refractivity contribution in [3.63, 3.8) is 0 Å². The van der Waals surface area contributed by atoms with E-state index in [2.05, 4.69) is 5.32 Å². The smallest absolute Gasteiger partial charge is 0.251 e. The molecule has 4 nitrogen and oxygen atoms in total. The Balaban J connectivity index is 2.08. The minimum Gasteiger partial charge on any atom is -0.468 e. The van der Waals surface area contributed by atoms with Gasteiger partial charge in [0.2, 0.25) is 0 Å². The van der Waals surface area contributed by atoms with Crippen molar-refractivity contribution >= 4 is 17.7 Å². The second-order valence-electron chi connectivity index (χ2n) is 5.39. The highest BCUT2D eigenvalue weighted by molar-refractivity contribution is 7.98. The first-order valence-electron chi connectivity index (χ1n) is 7.15. The van der Waals surface area contributed by atoms with Gasteiger partial charge in [-0.2, -0.15) is 0 Å². The lowest BCUT2D eigenvalue weighted by Gasteiger charge is -2.22. The zero-order valence-corrected chi connectivity index (χ0v) is 14.2. The standard InChI is InChI=1S/C17H22N2O2S/c1-12-7-8-13(22-4)10-14(12)17(20)18-11-15(19(2)3)16-6-5-9-21-16/h5-10,15H,11H2,1-4H3,(H,18,20). The topological polar surface area (TPSA) is 45.5 Å². The van der Waals surface area contributed by atoms with Crippen molar-refractivity contribution in [1.29, 1.82) is 0 Å². The summed E-state index contributed by atoms with van der Waals surface area (Å²) in [5.41, 5.74) is 1.71. The van der Waals surface area contributed by atoms with Crippen LogP contribution in [0.2, 0.25) is 0 Å². The van der Waals surface area contributed by atoms with E-state index in [1.165, 1.54) is 0 Å². The van der Waals surface area contributed by atoms with Crippen LogP contribution in [0.15, 0.2) is 45.9 Å². The van der Waals surface area contributed by atoms with Gasteiger partial charge in [-0.15, -0.1) is 11.8 Å². The van der Waals surface area contributed by atoms with Crippen LogP contribution in [-0.2, 0) is 0 Å². The number of carbonyl (C=O) groups excluding carboxylic acids is 1. The molecule has 0 radical (unpaired) electrons. The quantitative estimate of drug-likeness (QED) is 0.830. The number of nitrogens with one attached hydrogen (secondary N) is 1. The fourth-order valence-corrected chi connectivity index (χ4v) is 2.72. The first kappa shape index (κ1) is 16.6. The van der Waals surface area contributed by atoms with E-state index < -0.39 is 0 Å². The zero-order valence-electron chi connectivity index (χ0n) is 13.4. The molecule has 0 aliphatic heterocycles. The summed E-state index contributed by atoms with van der Waals surface area (Å²) in [5, 5.41) is 3.01. The molecule has 0 saturated carbocycles. The molecule has 1 amide bonds. The van der Waals surface area contributed by atoms with Gasteiger partial charge in [0.05, 0.1) is 12.3 Å². The Bertz CT molecular complexity index is 624. The van der Waals surface area contributed by atoms with Crippen LogP contribution >= 0.6 is 11.8 Å². The summed E-state index contributed by atoms with van der Waals surface area (Å²) in [6, 6.07) is 9.75. The molecule has 2 aromatic rings. The molecule has 118 valence electrons. The Labute approximate surface area is 135 Å². The predicted octanol–water partition coefficient (Wildman–Crippen LogP) is 3.34. The maximum atomic E-state index is 12.5. The molecule has 22 heavy (non-hydrogen) atoms. The van der Waals surface area contributed by atoms with Gasteiger partial charge < -0.3 is 9.73 Å². The number of hydrogen-bond acceptors (Lipinski definition) is 4. The summed E-state index contributed by atoms with van der Waals surface area (Å²) in [4.78, 5) is 15.6. The van der Waals surface area contributed by atoms with Crippen molar-refractivity contribution in [3.05, 3.63) is 53.5 Å². The fraction of sp³-hybridized carbons (Fsp3) is 0.353. The molecule has 0 bridgehead atoms. The van der Waals surface area contributed by atoms with E-state index in [1.807, 2.05) is 62.5 Å². The van der Waals surface area contributed by atoms with Crippen LogP contribution in [0.5, 0.6) is 0 Å². The van der Waals surface area contributed by atoms with Gasteiger partial charge in [0, 0.05) is 17.0 Å². The molecule has 2 rings (SSSR count). The second kappa shape index (κ2) is 7.51. The lowest BCUT2D eigenvalue weighted by Crippen LogP contribution is -2.34. The van der Waals surface area contributed by atoms with Gasteiger partial charge in [-0.05, 0) is 57.1 Å². The van der Waals surface area contributed by atoms with E-state index in [-0.39, 0.29) is 11.9 Å². The van der Waals surface area contributed by atoms with Gasteiger partial charge in [0.1, 0.15) is 5.76 Å². The van der Waals surface area contributed by atoms with Crippen LogP contribution in [0.4, 0.5) is 0 Å². The summed E-state index contributed by atoms with van der Waals surface area (Å²) in [6.45, 7) is 2.46. The Morgan fingerprint density at radius 3 is 2.73 bits per heavy atom. The molecule has 1 N–H and O–H groups in total. The van der Waals surface area contributed by atoms with Crippen LogP contribution in [0, 0.1) is 6.92 Å². The van der Waals surface area contributed by atoms with Gasteiger partial charge in [-0.25, -0.2) is 0 Å². The molecule has 1 unspecified atom stereocenters. The fourth-order valence-electron chi connectivity index (χ4n) is 2.28. The molecule has 0 aliphatic carbocycles. The average molecular weight is 318 g/mol. The maximum absolute atomic E-state index is 12.5. The van der Waals surface area contributed by atoms with Gasteiger partial charge in [0.15, 0.2) is 0 Å². The van der Waals surface area contributed by atoms with E-state index in [0.717, 1.165) is 21.8 Å². The molecular formula is C17H22N2O2S. The van der Waals surface area contributed by atoms with Crippen LogP contribution < -0.4 is 5.32 Å². The van der Waals surface area contributed by atoms with Crippen molar-refractivity contribution in [2.75, 3.05) is 26.9 Å². The number of amides is 1. The van der Waals surface area contributed by atoms with E-state index in [4.69, 9.17) is 4.42 Å². The number of carbonyl (C=O) groups is 1. The molecule has 1 atom stereocenters. The number of likely N-dealkylation sites (N-methyl/N-ethyl adjacent to an activating group) is 1. The maximum Gasteiger partial charge on any atom is 0.251 e. The highest BCUT2D eigenvalue weighted by atomic mass is 32.2. The van der Waals surface area contributed by atoms with E-state index >= 15 is 0 Å². The van der Waals surface area contributed by atoms with Crippen molar-refractivity contribution in [2.45, 2.75) is 17.9 Å². The summed E-state index contributed by atoms with van der Waals surface area (Å²) >= 11 is 1.63. The number of nitrogens with zero attached hydrogens (tertiary/aromatic N) is 1. The molecule has 5 heteroatoms. The number of furan rings is 1. The molecule has 0 fully saturated rings. The molecule has 1 aromatic carbocycles. The van der Waals surface area contributed by atoms with Crippen LogP contribution in [-0.4, -0.2) is 37.7 Å². The Morgan fingerprint density at radius 1 is 1.36 bits per heavy atom. The molecule has 0 spiro atoms. The molecule has 1 aromatic heterocycles. The highest BCUT2D eigenvalue weighted by Gasteiger charge is 2.19. The minimum absolute atomic E-state index is 0.0167. The second-order valence-corrected chi connectivity index (χ2v) is 6.27. The first-order chi connectivity index (χ1) is 10.5. The summed E-state index contributed by atoms with van der Waals surface area (Å²) in [7, 11) is 3.94. The highest BCUT2D eigenvalue weighted by Crippen LogP contribution is 2.20.